The van der Waals surface area contributed by atoms with Crippen molar-refractivity contribution in [1.82, 2.24) is 9.97 Å². The van der Waals surface area contributed by atoms with Crippen LogP contribution in [0.3, 0.4) is 0 Å². The number of carbonyl (C=O) groups excluding carboxylic acids is 1. The van der Waals surface area contributed by atoms with Gasteiger partial charge in [-0.05, 0) is 31.5 Å². The van der Waals surface area contributed by atoms with Gasteiger partial charge < -0.3 is 10.6 Å². The summed E-state index contributed by atoms with van der Waals surface area (Å²) in [5.74, 6) is 0.0110. The maximum atomic E-state index is 12.3. The summed E-state index contributed by atoms with van der Waals surface area (Å²) in [4.78, 5) is 20.6. The summed E-state index contributed by atoms with van der Waals surface area (Å²) in [5.41, 5.74) is 0.600. The lowest BCUT2D eigenvalue weighted by Gasteiger charge is -2.12. The monoisotopic (exact) mass is 338 g/mol. The van der Waals surface area contributed by atoms with Gasteiger partial charge in [0, 0.05) is 12.2 Å². The Morgan fingerprint density at radius 1 is 1.27 bits per heavy atom. The molecule has 0 radical (unpaired) electrons. The molecule has 116 valence electrons. The topological polar surface area (TPSA) is 66.9 Å². The van der Waals surface area contributed by atoms with Gasteiger partial charge in [-0.2, -0.15) is 0 Å². The molecule has 2 aromatic rings. The Morgan fingerprint density at radius 3 is 2.59 bits per heavy atom. The van der Waals surface area contributed by atoms with Crippen molar-refractivity contribution in [2.45, 2.75) is 26.3 Å². The number of hydrogen-bond donors (Lipinski definition) is 2. The highest BCUT2D eigenvalue weighted by Crippen LogP contribution is 2.30. The molecule has 1 unspecified atom stereocenters. The number of carbonyl (C=O) groups is 1. The maximum absolute atomic E-state index is 12.3. The quantitative estimate of drug-likeness (QED) is 0.855. The minimum Gasteiger partial charge on any atom is -0.352 e. The van der Waals surface area contributed by atoms with Crippen molar-refractivity contribution >= 4 is 40.7 Å². The van der Waals surface area contributed by atoms with Gasteiger partial charge in [0.25, 0.3) is 5.91 Å². The van der Waals surface area contributed by atoms with Crippen LogP contribution in [0.15, 0.2) is 30.5 Å². The highest BCUT2D eigenvalue weighted by Gasteiger charge is 2.13. The Kier molecular flexibility index (Phi) is 5.57. The summed E-state index contributed by atoms with van der Waals surface area (Å²) < 4.78 is 0. The van der Waals surface area contributed by atoms with E-state index < -0.39 is 5.91 Å². The van der Waals surface area contributed by atoms with E-state index in [1.54, 1.807) is 18.2 Å². The van der Waals surface area contributed by atoms with Gasteiger partial charge in [0.1, 0.15) is 5.69 Å². The van der Waals surface area contributed by atoms with Crippen LogP contribution in [0.25, 0.3) is 0 Å². The number of amides is 1. The molecule has 0 bridgehead atoms. The highest BCUT2D eigenvalue weighted by atomic mass is 35.5. The number of nitrogens with zero attached hydrogens (tertiary/aromatic N) is 2. The van der Waals surface area contributed by atoms with E-state index >= 15 is 0 Å². The number of nitrogens with one attached hydrogen (secondary N) is 2. The van der Waals surface area contributed by atoms with Gasteiger partial charge in [0.15, 0.2) is 0 Å². The summed E-state index contributed by atoms with van der Waals surface area (Å²) in [5, 5.41) is 6.52. The summed E-state index contributed by atoms with van der Waals surface area (Å²) in [6.45, 7) is 4.06. The molecule has 1 heterocycles. The zero-order valence-electron chi connectivity index (χ0n) is 12.2. The number of hydrogen-bond acceptors (Lipinski definition) is 4. The maximum Gasteiger partial charge on any atom is 0.274 e. The molecule has 2 N–H and O–H groups in total. The lowest BCUT2D eigenvalue weighted by atomic mass is 10.3. The first-order chi connectivity index (χ1) is 10.5. The standard InChI is InChI=1S/C15H16Cl2N4O/c1-3-9(2)19-15-18-8-7-12(20-15)14(22)21-13-10(16)5-4-6-11(13)17/h4-9H,3H2,1-2H3,(H,21,22)(H,18,19,20). The number of benzene rings is 1. The molecular weight excluding hydrogens is 323 g/mol. The van der Waals surface area contributed by atoms with Crippen LogP contribution in [0, 0.1) is 0 Å². The van der Waals surface area contributed by atoms with Gasteiger partial charge in [-0.25, -0.2) is 9.97 Å². The van der Waals surface area contributed by atoms with Gasteiger partial charge in [0.05, 0.1) is 15.7 Å². The predicted octanol–water partition coefficient (Wildman–Crippen LogP) is 4.25. The zero-order chi connectivity index (χ0) is 16.1. The first kappa shape index (κ1) is 16.5. The number of halogens is 2. The molecule has 7 heteroatoms. The fourth-order valence-corrected chi connectivity index (χ4v) is 2.16. The van der Waals surface area contributed by atoms with Crippen molar-refractivity contribution in [2.24, 2.45) is 0 Å². The van der Waals surface area contributed by atoms with Gasteiger partial charge in [-0.15, -0.1) is 0 Å². The van der Waals surface area contributed by atoms with E-state index in [9.17, 15) is 4.79 Å². The average molecular weight is 339 g/mol. The van der Waals surface area contributed by atoms with E-state index in [0.29, 0.717) is 21.7 Å². The van der Waals surface area contributed by atoms with E-state index in [0.717, 1.165) is 6.42 Å². The first-order valence-corrected chi connectivity index (χ1v) is 7.61. The predicted molar refractivity (Wildman–Crippen MR) is 89.8 cm³/mol. The molecule has 1 aromatic carbocycles. The van der Waals surface area contributed by atoms with Crippen LogP contribution in [-0.2, 0) is 0 Å². The van der Waals surface area contributed by atoms with Crippen LogP contribution in [0.4, 0.5) is 11.6 Å². The van der Waals surface area contributed by atoms with Crippen LogP contribution in [0.5, 0.6) is 0 Å². The molecule has 0 aliphatic carbocycles. The molecule has 2 rings (SSSR count). The zero-order valence-corrected chi connectivity index (χ0v) is 13.7. The second kappa shape index (κ2) is 7.42. The Hall–Kier alpha value is -1.85. The summed E-state index contributed by atoms with van der Waals surface area (Å²) in [6.07, 6.45) is 2.45. The molecule has 0 saturated carbocycles. The Bertz CT molecular complexity index is 658. The van der Waals surface area contributed by atoms with Crippen LogP contribution in [0.2, 0.25) is 10.0 Å². The summed E-state index contributed by atoms with van der Waals surface area (Å²) in [7, 11) is 0. The molecule has 1 aromatic heterocycles. The van der Waals surface area contributed by atoms with E-state index in [1.807, 2.05) is 13.8 Å². The third-order valence-corrected chi connectivity index (χ3v) is 3.71. The van der Waals surface area contributed by atoms with Crippen molar-refractivity contribution in [1.29, 1.82) is 0 Å². The largest absolute Gasteiger partial charge is 0.352 e. The van der Waals surface area contributed by atoms with Crippen LogP contribution < -0.4 is 10.6 Å². The van der Waals surface area contributed by atoms with Crippen LogP contribution >= 0.6 is 23.2 Å². The lowest BCUT2D eigenvalue weighted by Crippen LogP contribution is -2.19. The molecule has 1 atom stereocenters. The minimum atomic E-state index is -0.399. The van der Waals surface area contributed by atoms with Crippen molar-refractivity contribution in [2.75, 3.05) is 10.6 Å². The van der Waals surface area contributed by atoms with Crippen LogP contribution in [-0.4, -0.2) is 21.9 Å². The number of anilines is 2. The molecule has 0 fully saturated rings. The normalized spacial score (nSPS) is 11.8. The van der Waals surface area contributed by atoms with Crippen LogP contribution in [0.1, 0.15) is 30.8 Å². The molecule has 0 saturated heterocycles. The molecule has 5 nitrogen and oxygen atoms in total. The first-order valence-electron chi connectivity index (χ1n) is 6.86. The fraction of sp³-hybridized carbons (Fsp3) is 0.267. The van der Waals surface area contributed by atoms with E-state index in [2.05, 4.69) is 20.6 Å². The molecule has 0 aliphatic heterocycles. The Labute approximate surface area is 139 Å². The third-order valence-electron chi connectivity index (χ3n) is 3.08. The highest BCUT2D eigenvalue weighted by molar-refractivity contribution is 6.39. The second-order valence-electron chi connectivity index (χ2n) is 4.77. The SMILES string of the molecule is CCC(C)Nc1nccc(C(=O)Nc2c(Cl)cccc2Cl)n1. The smallest absolute Gasteiger partial charge is 0.274 e. The molecular formula is C15H16Cl2N4O. The number of para-hydroxylation sites is 1. The van der Waals surface area contributed by atoms with Gasteiger partial charge in [0.2, 0.25) is 5.95 Å². The minimum absolute atomic E-state index is 0.219. The number of rotatable bonds is 5. The van der Waals surface area contributed by atoms with Gasteiger partial charge in [-0.3, -0.25) is 4.79 Å². The van der Waals surface area contributed by atoms with Gasteiger partial charge >= 0.3 is 0 Å². The molecule has 22 heavy (non-hydrogen) atoms. The van der Waals surface area contributed by atoms with Crippen molar-refractivity contribution in [3.8, 4) is 0 Å². The lowest BCUT2D eigenvalue weighted by molar-refractivity contribution is 0.102. The molecule has 1 amide bonds. The average Bonchev–Trinajstić information content (AvgIpc) is 2.51. The fourth-order valence-electron chi connectivity index (χ4n) is 1.67. The van der Waals surface area contributed by atoms with E-state index in [4.69, 9.17) is 23.2 Å². The molecule has 0 spiro atoms. The number of aromatic nitrogens is 2. The second-order valence-corrected chi connectivity index (χ2v) is 5.58. The summed E-state index contributed by atoms with van der Waals surface area (Å²) in [6, 6.07) is 6.76. The van der Waals surface area contributed by atoms with E-state index in [1.165, 1.54) is 12.3 Å². The van der Waals surface area contributed by atoms with Crippen molar-refractivity contribution in [3.63, 3.8) is 0 Å². The molecule has 0 aliphatic rings. The van der Waals surface area contributed by atoms with E-state index in [-0.39, 0.29) is 11.7 Å². The van der Waals surface area contributed by atoms with Crippen molar-refractivity contribution in [3.05, 3.63) is 46.2 Å². The Balaban J connectivity index is 2.18. The summed E-state index contributed by atoms with van der Waals surface area (Å²) >= 11 is 12.1. The third kappa shape index (κ3) is 4.08. The van der Waals surface area contributed by atoms with Crippen molar-refractivity contribution < 1.29 is 4.79 Å². The van der Waals surface area contributed by atoms with Gasteiger partial charge in [-0.1, -0.05) is 36.2 Å². The Morgan fingerprint density at radius 2 is 1.95 bits per heavy atom.